The molecule has 0 bridgehead atoms. The lowest BCUT2D eigenvalue weighted by atomic mass is 10.2. The molecular weight excluding hydrogens is 246 g/mol. The molecule has 1 heterocycles. The third-order valence-electron chi connectivity index (χ3n) is 3.02. The highest BCUT2D eigenvalue weighted by atomic mass is 16.2. The number of nitrogens with one attached hydrogen (secondary N) is 1. The summed E-state index contributed by atoms with van der Waals surface area (Å²) in [5, 5.41) is 6.43. The van der Waals surface area contributed by atoms with Crippen LogP contribution in [-0.2, 0) is 4.79 Å². The summed E-state index contributed by atoms with van der Waals surface area (Å²) in [6.45, 7) is 6.82. The number of amides is 2. The van der Waals surface area contributed by atoms with Crippen LogP contribution in [0.4, 0.5) is 5.82 Å². The van der Waals surface area contributed by atoms with Crippen LogP contribution < -0.4 is 5.73 Å². The summed E-state index contributed by atoms with van der Waals surface area (Å²) >= 11 is 0. The van der Waals surface area contributed by atoms with Gasteiger partial charge in [-0.1, -0.05) is 0 Å². The maximum Gasteiger partial charge on any atom is 0.259 e. The van der Waals surface area contributed by atoms with Crippen molar-refractivity contribution in [2.45, 2.75) is 20.8 Å². The predicted molar refractivity (Wildman–Crippen MR) is 72.6 cm³/mol. The minimum absolute atomic E-state index is 0.0323. The fourth-order valence-corrected chi connectivity index (χ4v) is 1.86. The minimum atomic E-state index is -0.302. The summed E-state index contributed by atoms with van der Waals surface area (Å²) in [5.41, 5.74) is 6.57. The molecule has 1 rings (SSSR count). The second-order valence-electron chi connectivity index (χ2n) is 4.34. The number of anilines is 1. The summed E-state index contributed by atoms with van der Waals surface area (Å²) in [5.74, 6) is -0.227. The van der Waals surface area contributed by atoms with Crippen molar-refractivity contribution in [3.63, 3.8) is 0 Å². The first kappa shape index (κ1) is 15.0. The zero-order valence-corrected chi connectivity index (χ0v) is 11.9. The number of nitrogens with zero attached hydrogens (tertiary/aromatic N) is 3. The first-order chi connectivity index (χ1) is 8.92. The molecule has 0 unspecified atom stereocenters. The monoisotopic (exact) mass is 267 g/mol. The molecule has 0 atom stereocenters. The van der Waals surface area contributed by atoms with Crippen molar-refractivity contribution in [3.05, 3.63) is 11.3 Å². The molecule has 0 saturated carbocycles. The molecule has 0 fully saturated rings. The number of carbonyl (C=O) groups is 2. The number of aromatic nitrogens is 2. The Hall–Kier alpha value is -2.05. The summed E-state index contributed by atoms with van der Waals surface area (Å²) in [7, 11) is 1.58. The van der Waals surface area contributed by atoms with Gasteiger partial charge in [0.15, 0.2) is 5.82 Å². The Morgan fingerprint density at radius 1 is 1.32 bits per heavy atom. The van der Waals surface area contributed by atoms with E-state index >= 15 is 0 Å². The Morgan fingerprint density at radius 3 is 2.32 bits per heavy atom. The fraction of sp³-hybridized carbons (Fsp3) is 0.583. The number of aryl methyl sites for hydroxylation is 1. The van der Waals surface area contributed by atoms with E-state index in [-0.39, 0.29) is 24.2 Å². The number of likely N-dealkylation sites (N-methyl/N-ethyl adjacent to an activating group) is 2. The van der Waals surface area contributed by atoms with Crippen molar-refractivity contribution in [3.8, 4) is 0 Å². The molecule has 19 heavy (non-hydrogen) atoms. The maximum absolute atomic E-state index is 12.2. The van der Waals surface area contributed by atoms with Crippen molar-refractivity contribution in [2.24, 2.45) is 0 Å². The molecule has 3 N–H and O–H groups in total. The van der Waals surface area contributed by atoms with Crippen LogP contribution in [-0.4, -0.2) is 58.5 Å². The number of nitrogen functional groups attached to an aromatic ring is 1. The van der Waals surface area contributed by atoms with Gasteiger partial charge >= 0.3 is 0 Å². The van der Waals surface area contributed by atoms with Crippen molar-refractivity contribution < 1.29 is 9.59 Å². The van der Waals surface area contributed by atoms with Crippen LogP contribution in [0.1, 0.15) is 29.9 Å². The Morgan fingerprint density at radius 2 is 1.89 bits per heavy atom. The lowest BCUT2D eigenvalue weighted by Crippen LogP contribution is -2.41. The molecule has 0 aromatic carbocycles. The third kappa shape index (κ3) is 3.24. The highest BCUT2D eigenvalue weighted by Crippen LogP contribution is 2.14. The van der Waals surface area contributed by atoms with E-state index in [0.29, 0.717) is 24.3 Å². The van der Waals surface area contributed by atoms with E-state index < -0.39 is 0 Å². The average molecular weight is 267 g/mol. The van der Waals surface area contributed by atoms with E-state index in [4.69, 9.17) is 5.73 Å². The quantitative estimate of drug-likeness (QED) is 0.799. The van der Waals surface area contributed by atoms with E-state index in [1.165, 1.54) is 4.90 Å². The highest BCUT2D eigenvalue weighted by Gasteiger charge is 2.22. The zero-order chi connectivity index (χ0) is 14.6. The molecule has 0 spiro atoms. The van der Waals surface area contributed by atoms with Crippen LogP contribution in [0.25, 0.3) is 0 Å². The van der Waals surface area contributed by atoms with Crippen LogP contribution in [0.2, 0.25) is 0 Å². The van der Waals surface area contributed by atoms with Gasteiger partial charge in [-0.15, -0.1) is 0 Å². The van der Waals surface area contributed by atoms with Crippen molar-refractivity contribution in [2.75, 3.05) is 32.4 Å². The van der Waals surface area contributed by atoms with Crippen molar-refractivity contribution in [1.82, 2.24) is 20.0 Å². The zero-order valence-electron chi connectivity index (χ0n) is 11.9. The number of nitrogens with two attached hydrogens (primary N) is 1. The van der Waals surface area contributed by atoms with E-state index in [1.54, 1.807) is 18.9 Å². The molecule has 0 aliphatic rings. The summed E-state index contributed by atoms with van der Waals surface area (Å²) in [6, 6.07) is 0. The second-order valence-corrected chi connectivity index (χ2v) is 4.34. The van der Waals surface area contributed by atoms with Crippen LogP contribution in [0.15, 0.2) is 0 Å². The normalized spacial score (nSPS) is 10.3. The average Bonchev–Trinajstić information content (AvgIpc) is 2.69. The largest absolute Gasteiger partial charge is 0.382 e. The predicted octanol–water partition coefficient (Wildman–Crippen LogP) is 0.241. The number of hydrogen-bond acceptors (Lipinski definition) is 4. The summed E-state index contributed by atoms with van der Waals surface area (Å²) < 4.78 is 0. The van der Waals surface area contributed by atoms with Crippen molar-refractivity contribution >= 4 is 17.6 Å². The number of aromatic amines is 1. The molecule has 7 heteroatoms. The SMILES string of the molecule is CCN(CC)C(=O)CN(C)C(=O)c1c(N)n[nH]c1C. The topological polar surface area (TPSA) is 95.3 Å². The lowest BCUT2D eigenvalue weighted by Gasteiger charge is -2.23. The third-order valence-corrected chi connectivity index (χ3v) is 3.02. The number of hydrogen-bond donors (Lipinski definition) is 2. The van der Waals surface area contributed by atoms with Gasteiger partial charge in [0.2, 0.25) is 5.91 Å². The summed E-state index contributed by atoms with van der Waals surface area (Å²) in [6.07, 6.45) is 0. The molecule has 106 valence electrons. The van der Waals surface area contributed by atoms with Gasteiger partial charge in [-0.3, -0.25) is 14.7 Å². The molecule has 1 aromatic heterocycles. The number of H-pyrrole nitrogens is 1. The van der Waals surface area contributed by atoms with E-state index in [9.17, 15) is 9.59 Å². The van der Waals surface area contributed by atoms with Crippen LogP contribution in [0.5, 0.6) is 0 Å². The fourth-order valence-electron chi connectivity index (χ4n) is 1.86. The van der Waals surface area contributed by atoms with Gasteiger partial charge in [0.1, 0.15) is 5.56 Å². The lowest BCUT2D eigenvalue weighted by molar-refractivity contribution is -0.131. The molecular formula is C12H21N5O2. The summed E-state index contributed by atoms with van der Waals surface area (Å²) in [4.78, 5) is 27.2. The molecule has 0 aliphatic carbocycles. The smallest absolute Gasteiger partial charge is 0.259 e. The van der Waals surface area contributed by atoms with Crippen LogP contribution >= 0.6 is 0 Å². The van der Waals surface area contributed by atoms with Gasteiger partial charge in [0, 0.05) is 25.8 Å². The van der Waals surface area contributed by atoms with Gasteiger partial charge in [-0.05, 0) is 20.8 Å². The standard InChI is InChI=1S/C12H21N5O2/c1-5-17(6-2)9(18)7-16(4)12(19)10-8(3)14-15-11(10)13/h5-7H2,1-4H3,(H3,13,14,15). The Bertz CT molecular complexity index is 445. The van der Waals surface area contributed by atoms with Gasteiger partial charge in [-0.25, -0.2) is 0 Å². The molecule has 0 aliphatic heterocycles. The molecule has 7 nitrogen and oxygen atoms in total. The Balaban J connectivity index is 2.76. The molecule has 2 amide bonds. The van der Waals surface area contributed by atoms with E-state index in [0.717, 1.165) is 0 Å². The van der Waals surface area contributed by atoms with E-state index in [2.05, 4.69) is 10.2 Å². The van der Waals surface area contributed by atoms with Crippen LogP contribution in [0.3, 0.4) is 0 Å². The van der Waals surface area contributed by atoms with Crippen molar-refractivity contribution in [1.29, 1.82) is 0 Å². The molecule has 0 saturated heterocycles. The minimum Gasteiger partial charge on any atom is -0.382 e. The Labute approximate surface area is 112 Å². The molecule has 0 radical (unpaired) electrons. The van der Waals surface area contributed by atoms with Gasteiger partial charge in [0.05, 0.1) is 6.54 Å². The van der Waals surface area contributed by atoms with E-state index in [1.807, 2.05) is 13.8 Å². The van der Waals surface area contributed by atoms with Gasteiger partial charge in [-0.2, -0.15) is 5.10 Å². The molecule has 1 aromatic rings. The number of carbonyl (C=O) groups excluding carboxylic acids is 2. The first-order valence-corrected chi connectivity index (χ1v) is 6.26. The number of rotatable bonds is 5. The van der Waals surface area contributed by atoms with Crippen LogP contribution in [0, 0.1) is 6.92 Å². The highest BCUT2D eigenvalue weighted by molar-refractivity contribution is 6.00. The maximum atomic E-state index is 12.2. The first-order valence-electron chi connectivity index (χ1n) is 6.26. The Kier molecular flexibility index (Phi) is 4.91. The van der Waals surface area contributed by atoms with Gasteiger partial charge in [0.25, 0.3) is 5.91 Å². The van der Waals surface area contributed by atoms with Gasteiger partial charge < -0.3 is 15.5 Å². The second kappa shape index (κ2) is 6.21.